The molecule has 3 aromatic heterocycles. The van der Waals surface area contributed by atoms with E-state index in [1.54, 1.807) is 25.2 Å². The van der Waals surface area contributed by atoms with Crippen LogP contribution in [0.3, 0.4) is 0 Å². The van der Waals surface area contributed by atoms with Crippen LogP contribution in [-0.4, -0.2) is 44.9 Å². The summed E-state index contributed by atoms with van der Waals surface area (Å²) in [6, 6.07) is 7.62. The van der Waals surface area contributed by atoms with Gasteiger partial charge in [0.05, 0.1) is 29.1 Å². The summed E-state index contributed by atoms with van der Waals surface area (Å²) in [5, 5.41) is 7.94. The van der Waals surface area contributed by atoms with Gasteiger partial charge >= 0.3 is 0 Å². The minimum atomic E-state index is -0.182. The van der Waals surface area contributed by atoms with Crippen LogP contribution in [0.4, 0.5) is 0 Å². The van der Waals surface area contributed by atoms with Gasteiger partial charge in [-0.15, -0.1) is 11.3 Å². The summed E-state index contributed by atoms with van der Waals surface area (Å²) in [6.45, 7) is 4.10. The Bertz CT molecular complexity index is 1200. The predicted molar refractivity (Wildman–Crippen MR) is 117 cm³/mol. The van der Waals surface area contributed by atoms with Gasteiger partial charge in [0.1, 0.15) is 24.1 Å². The molecule has 0 aliphatic heterocycles. The molecule has 0 radical (unpaired) electrons. The van der Waals surface area contributed by atoms with Gasteiger partial charge in [0.25, 0.3) is 5.91 Å². The molecule has 4 rings (SSSR count). The zero-order valence-electron chi connectivity index (χ0n) is 17.6. The van der Waals surface area contributed by atoms with E-state index in [0.717, 1.165) is 22.2 Å². The average Bonchev–Trinajstić information content (AvgIpc) is 3.42. The van der Waals surface area contributed by atoms with Gasteiger partial charge in [-0.05, 0) is 37.1 Å². The van der Waals surface area contributed by atoms with Gasteiger partial charge in [0.15, 0.2) is 5.82 Å². The maximum atomic E-state index is 13.0. The van der Waals surface area contributed by atoms with Crippen molar-refractivity contribution in [1.29, 1.82) is 0 Å². The molecule has 0 aliphatic carbocycles. The van der Waals surface area contributed by atoms with Crippen LogP contribution >= 0.6 is 11.3 Å². The molecule has 10 heteroatoms. The Morgan fingerprint density at radius 1 is 1.23 bits per heavy atom. The first kappa shape index (κ1) is 20.9. The Hall–Kier alpha value is -3.37. The molecule has 0 saturated carbocycles. The largest absolute Gasteiger partial charge is 0.480 e. The highest BCUT2D eigenvalue weighted by atomic mass is 32.1. The van der Waals surface area contributed by atoms with E-state index in [1.807, 2.05) is 38.1 Å². The first-order valence-corrected chi connectivity index (χ1v) is 10.4. The van der Waals surface area contributed by atoms with E-state index in [0.29, 0.717) is 21.4 Å². The second kappa shape index (κ2) is 8.78. The normalized spacial score (nSPS) is 12.1. The molecule has 4 aromatic rings. The van der Waals surface area contributed by atoms with E-state index < -0.39 is 0 Å². The number of benzene rings is 1. The predicted octanol–water partition coefficient (Wildman–Crippen LogP) is 3.23. The molecule has 160 valence electrons. The lowest BCUT2D eigenvalue weighted by molar-refractivity contribution is 0.0943. The molecule has 0 spiro atoms. The van der Waals surface area contributed by atoms with Crippen molar-refractivity contribution in [2.45, 2.75) is 26.5 Å². The van der Waals surface area contributed by atoms with Gasteiger partial charge in [-0.3, -0.25) is 4.79 Å². The number of amides is 1. The molecular formula is C21H22N6O3S. The maximum absolute atomic E-state index is 13.0. The van der Waals surface area contributed by atoms with E-state index in [4.69, 9.17) is 9.47 Å². The first-order chi connectivity index (χ1) is 15.0. The lowest BCUT2D eigenvalue weighted by Crippen LogP contribution is -2.26. The van der Waals surface area contributed by atoms with E-state index in [-0.39, 0.29) is 18.6 Å². The van der Waals surface area contributed by atoms with Gasteiger partial charge in [0.2, 0.25) is 5.88 Å². The van der Waals surface area contributed by atoms with Crippen molar-refractivity contribution in [1.82, 2.24) is 30.0 Å². The van der Waals surface area contributed by atoms with Crippen LogP contribution in [0.25, 0.3) is 15.9 Å². The van der Waals surface area contributed by atoms with Crippen molar-refractivity contribution in [3.8, 4) is 11.6 Å². The lowest BCUT2D eigenvalue weighted by Gasteiger charge is -2.14. The van der Waals surface area contributed by atoms with E-state index in [9.17, 15) is 4.79 Å². The fourth-order valence-electron chi connectivity index (χ4n) is 3.30. The maximum Gasteiger partial charge on any atom is 0.262 e. The van der Waals surface area contributed by atoms with Crippen LogP contribution in [0.2, 0.25) is 0 Å². The van der Waals surface area contributed by atoms with E-state index >= 15 is 0 Å². The molecule has 31 heavy (non-hydrogen) atoms. The van der Waals surface area contributed by atoms with Crippen LogP contribution in [0.15, 0.2) is 36.9 Å². The zero-order valence-corrected chi connectivity index (χ0v) is 18.4. The third kappa shape index (κ3) is 4.12. The van der Waals surface area contributed by atoms with Crippen LogP contribution < -0.4 is 10.1 Å². The highest BCUT2D eigenvalue weighted by Gasteiger charge is 2.22. The highest BCUT2D eigenvalue weighted by molar-refractivity contribution is 7.20. The summed E-state index contributed by atoms with van der Waals surface area (Å²) in [5.74, 6) is 0.797. The molecule has 3 heterocycles. The van der Waals surface area contributed by atoms with Crippen molar-refractivity contribution < 1.29 is 14.3 Å². The quantitative estimate of drug-likeness (QED) is 0.472. The number of nitrogens with zero attached hydrogens (tertiary/aromatic N) is 5. The third-order valence-electron chi connectivity index (χ3n) is 4.90. The van der Waals surface area contributed by atoms with Crippen molar-refractivity contribution in [2.24, 2.45) is 0 Å². The van der Waals surface area contributed by atoms with Crippen LogP contribution in [0.1, 0.15) is 39.6 Å². The van der Waals surface area contributed by atoms with E-state index in [2.05, 4.69) is 25.4 Å². The van der Waals surface area contributed by atoms with Crippen molar-refractivity contribution >= 4 is 27.5 Å². The standard InChI is InChI=1S/C21H22N6O3S/c1-12-17-20(30-4)25-16(9-29-3)26-21(17)31-18(12)19(28)24-13(2)14-5-7-15(8-6-14)27-11-22-10-23-27/h5-8,10-11,13H,9H2,1-4H3,(H,24,28). The zero-order chi connectivity index (χ0) is 22.0. The number of carbonyl (C=O) groups excluding carboxylic acids is 1. The number of carbonyl (C=O) groups is 1. The number of ether oxygens (including phenoxy) is 2. The number of fused-ring (bicyclic) bond motifs is 1. The van der Waals surface area contributed by atoms with Gasteiger partial charge in [-0.2, -0.15) is 10.1 Å². The Morgan fingerprint density at radius 2 is 2.00 bits per heavy atom. The summed E-state index contributed by atoms with van der Waals surface area (Å²) in [5.41, 5.74) is 2.68. The minimum absolute atomic E-state index is 0.163. The third-order valence-corrected chi connectivity index (χ3v) is 6.08. The summed E-state index contributed by atoms with van der Waals surface area (Å²) in [7, 11) is 3.14. The van der Waals surface area contributed by atoms with E-state index in [1.165, 1.54) is 17.7 Å². The van der Waals surface area contributed by atoms with Crippen molar-refractivity contribution in [3.63, 3.8) is 0 Å². The van der Waals surface area contributed by atoms with Crippen molar-refractivity contribution in [2.75, 3.05) is 14.2 Å². The number of nitrogens with one attached hydrogen (secondary N) is 1. The lowest BCUT2D eigenvalue weighted by atomic mass is 10.1. The summed E-state index contributed by atoms with van der Waals surface area (Å²) in [6.07, 6.45) is 3.13. The van der Waals surface area contributed by atoms with Gasteiger partial charge in [-0.1, -0.05) is 12.1 Å². The molecule has 1 amide bonds. The monoisotopic (exact) mass is 438 g/mol. The smallest absolute Gasteiger partial charge is 0.262 e. The van der Waals surface area contributed by atoms with Gasteiger partial charge < -0.3 is 14.8 Å². The topological polar surface area (TPSA) is 104 Å². The summed E-state index contributed by atoms with van der Waals surface area (Å²) < 4.78 is 12.2. The molecule has 0 saturated heterocycles. The number of aromatic nitrogens is 5. The highest BCUT2D eigenvalue weighted by Crippen LogP contribution is 2.35. The van der Waals surface area contributed by atoms with Crippen LogP contribution in [-0.2, 0) is 11.3 Å². The average molecular weight is 439 g/mol. The number of hydrogen-bond acceptors (Lipinski definition) is 8. The fraction of sp³-hybridized carbons (Fsp3) is 0.286. The SMILES string of the molecule is COCc1nc(OC)c2c(C)c(C(=O)NC(C)c3ccc(-n4cncn4)cc3)sc2n1. The molecule has 1 aromatic carbocycles. The van der Waals surface area contributed by atoms with Gasteiger partial charge in [0, 0.05) is 7.11 Å². The Balaban J connectivity index is 1.57. The molecule has 1 unspecified atom stereocenters. The number of thiophene rings is 1. The number of methoxy groups -OCH3 is 2. The number of rotatable bonds is 7. The number of hydrogen-bond donors (Lipinski definition) is 1. The number of aryl methyl sites for hydroxylation is 1. The van der Waals surface area contributed by atoms with Gasteiger partial charge in [-0.25, -0.2) is 14.6 Å². The molecule has 1 atom stereocenters. The van der Waals surface area contributed by atoms with Crippen LogP contribution in [0, 0.1) is 6.92 Å². The molecule has 0 bridgehead atoms. The molecule has 9 nitrogen and oxygen atoms in total. The second-order valence-corrected chi connectivity index (χ2v) is 7.94. The Morgan fingerprint density at radius 3 is 2.65 bits per heavy atom. The summed E-state index contributed by atoms with van der Waals surface area (Å²) >= 11 is 1.32. The van der Waals surface area contributed by atoms with Crippen molar-refractivity contribution in [3.05, 3.63) is 58.7 Å². The van der Waals surface area contributed by atoms with Crippen LogP contribution in [0.5, 0.6) is 5.88 Å². The molecular weight excluding hydrogens is 416 g/mol. The molecule has 1 N–H and O–H groups in total. The molecule has 0 fully saturated rings. The Labute approximate surface area is 183 Å². The molecule has 0 aliphatic rings. The Kier molecular flexibility index (Phi) is 5.92. The minimum Gasteiger partial charge on any atom is -0.480 e. The second-order valence-electron chi connectivity index (χ2n) is 6.95. The first-order valence-electron chi connectivity index (χ1n) is 9.60. The summed E-state index contributed by atoms with van der Waals surface area (Å²) in [4.78, 5) is 27.2. The fourth-order valence-corrected chi connectivity index (χ4v) is 4.40.